The molecule has 3 fully saturated rings. The third-order valence-corrected chi connectivity index (χ3v) is 17.2. The number of hydrogen-bond donors (Lipinski definition) is 4. The smallest absolute Gasteiger partial charge is 0.307 e. The van der Waals surface area contributed by atoms with Crippen LogP contribution in [-0.4, -0.2) is 63.7 Å². The average Bonchev–Trinajstić information content (AvgIpc) is 3.51. The molecule has 4 aliphatic carbocycles. The molecule has 5 rings (SSSR count). The first-order chi connectivity index (χ1) is 23.5. The van der Waals surface area contributed by atoms with Crippen LogP contribution in [-0.2, 0) is 19.6 Å². The largest absolute Gasteiger partial charge is 0.481 e. The lowest BCUT2D eigenvalue weighted by Crippen LogP contribution is -2.67. The van der Waals surface area contributed by atoms with Crippen LogP contribution in [0.4, 0.5) is 0 Å². The summed E-state index contributed by atoms with van der Waals surface area (Å²) < 4.78 is 33.3. The number of allylic oxidation sites excluding steroid dienone is 1. The molecule has 1 aromatic heterocycles. The second-order valence-corrected chi connectivity index (χ2v) is 21.9. The van der Waals surface area contributed by atoms with Crippen LogP contribution >= 0.6 is 0 Å². The van der Waals surface area contributed by atoms with E-state index in [0.717, 1.165) is 25.7 Å². The van der Waals surface area contributed by atoms with E-state index in [2.05, 4.69) is 92.3 Å². The van der Waals surface area contributed by atoms with Gasteiger partial charge >= 0.3 is 5.97 Å². The van der Waals surface area contributed by atoms with Crippen molar-refractivity contribution in [2.45, 2.75) is 157 Å². The van der Waals surface area contributed by atoms with E-state index in [0.29, 0.717) is 18.8 Å². The second kappa shape index (κ2) is 12.8. The van der Waals surface area contributed by atoms with Crippen molar-refractivity contribution in [3.63, 3.8) is 0 Å². The van der Waals surface area contributed by atoms with Crippen LogP contribution in [0.5, 0.6) is 0 Å². The van der Waals surface area contributed by atoms with Gasteiger partial charge in [0.25, 0.3) is 15.2 Å². The molecule has 0 amide bonds. The summed E-state index contributed by atoms with van der Waals surface area (Å²) in [5.74, 6) is -0.584. The molecule has 3 saturated carbocycles. The molecule has 0 bridgehead atoms. The number of nitrogens with two attached hydrogens (primary N) is 2. The maximum atomic E-state index is 13.5. The number of aliphatic hydroxyl groups excluding tert-OH is 1. The summed E-state index contributed by atoms with van der Waals surface area (Å²) in [5.41, 5.74) is 4.72. The van der Waals surface area contributed by atoms with Crippen molar-refractivity contribution in [1.82, 2.24) is 14.8 Å². The van der Waals surface area contributed by atoms with E-state index < -0.39 is 67.1 Å². The first-order valence-electron chi connectivity index (χ1n) is 19.5. The highest BCUT2D eigenvalue weighted by Crippen LogP contribution is 2.75. The maximum Gasteiger partial charge on any atom is 0.307 e. The van der Waals surface area contributed by atoms with E-state index in [4.69, 9.17) is 15.6 Å². The Bertz CT molecular complexity index is 1680. The summed E-state index contributed by atoms with van der Waals surface area (Å²) in [7, 11) is -4.17. The van der Waals surface area contributed by atoms with Gasteiger partial charge in [0.2, 0.25) is 0 Å². The minimum absolute atomic E-state index is 0.00157. The monoisotopic (exact) mass is 747 g/mol. The van der Waals surface area contributed by atoms with Crippen LogP contribution in [0.25, 0.3) is 0 Å². The van der Waals surface area contributed by atoms with Crippen LogP contribution in [0.15, 0.2) is 23.1 Å². The molecule has 0 spiro atoms. The molecule has 0 aromatic carbocycles. The SMILES string of the molecule is CC(C)[C@@H](C)[C@@]1(C)CC[C@]2(C)[C@H]3CC[C@H]4C(C)(C)[C@@H](OC[C@](C)(N)C(C)(C)C)[C@H](n5cnc(S(N)(=O)=O)n5)C[C@]4([C@H](C)O)C3=CC[C@@]2(C)[C@@H]1C(=O)O. The third kappa shape index (κ3) is 5.95. The zero-order valence-corrected chi connectivity index (χ0v) is 35.0. The zero-order valence-electron chi connectivity index (χ0n) is 34.2. The van der Waals surface area contributed by atoms with Gasteiger partial charge in [0.15, 0.2) is 0 Å². The Balaban J connectivity index is 1.68. The number of carboxylic acids is 1. The summed E-state index contributed by atoms with van der Waals surface area (Å²) in [6.07, 6.45) is 7.02. The number of ether oxygens (including phenoxy) is 1. The molecule has 0 aliphatic heterocycles. The number of aromatic nitrogens is 3. The van der Waals surface area contributed by atoms with Crippen LogP contribution in [0.1, 0.15) is 135 Å². The predicted octanol–water partition coefficient (Wildman–Crippen LogP) is 6.57. The molecular formula is C40H69N5O6S. The number of fused-ring (bicyclic) bond motifs is 5. The standard InChI is InChI=1S/C40H69N5O6S/c1-23(2)24(3)36(10)18-19-37(11)26-14-15-29-35(8,9)31(51-21-39(13,41)34(5,6)7)28(45-22-43-33(44-45)52(42,49)50)20-40(29,25(4)46)27(26)16-17-38(37,12)30(36)32(47)48/h16,22-26,28-31,46H,14-15,17-21,41H2,1-13H3,(H,47,48)(H2,42,49,50)/t24-,25+,26+,28-,29+,30-,31+,36-,37-,38+,39+,40+/m1/s1. The summed E-state index contributed by atoms with van der Waals surface area (Å²) in [5, 5.41) is 32.8. The molecule has 0 radical (unpaired) electrons. The summed E-state index contributed by atoms with van der Waals surface area (Å²) in [6.45, 7) is 28.2. The van der Waals surface area contributed by atoms with Gasteiger partial charge in [-0.2, -0.15) is 0 Å². The number of sulfonamides is 1. The van der Waals surface area contributed by atoms with E-state index in [1.165, 1.54) is 11.9 Å². The van der Waals surface area contributed by atoms with Crippen molar-refractivity contribution in [2.24, 2.45) is 73.0 Å². The number of hydrogen-bond acceptors (Lipinski definition) is 8. The van der Waals surface area contributed by atoms with Gasteiger partial charge in [0.1, 0.15) is 6.33 Å². The molecule has 52 heavy (non-hydrogen) atoms. The van der Waals surface area contributed by atoms with Crippen molar-refractivity contribution in [1.29, 1.82) is 0 Å². The fourth-order valence-electron chi connectivity index (χ4n) is 12.1. The topological polar surface area (TPSA) is 184 Å². The van der Waals surface area contributed by atoms with Gasteiger partial charge in [-0.05, 0) is 103 Å². The van der Waals surface area contributed by atoms with Gasteiger partial charge in [0.05, 0.1) is 30.8 Å². The summed E-state index contributed by atoms with van der Waals surface area (Å²) in [4.78, 5) is 17.6. The Morgan fingerprint density at radius 3 is 2.17 bits per heavy atom. The third-order valence-electron chi connectivity index (χ3n) is 16.5. The van der Waals surface area contributed by atoms with Gasteiger partial charge in [-0.3, -0.25) is 4.79 Å². The lowest BCUT2D eigenvalue weighted by atomic mass is 9.34. The molecule has 296 valence electrons. The fraction of sp³-hybridized carbons (Fsp3) is 0.875. The van der Waals surface area contributed by atoms with Gasteiger partial charge in [-0.15, -0.1) is 5.10 Å². The zero-order chi connectivity index (χ0) is 39.4. The molecule has 0 unspecified atom stereocenters. The van der Waals surface area contributed by atoms with Crippen molar-refractivity contribution in [2.75, 3.05) is 6.61 Å². The molecule has 6 N–H and O–H groups in total. The number of aliphatic hydroxyl groups is 1. The first-order valence-corrected chi connectivity index (χ1v) is 21.0. The predicted molar refractivity (Wildman–Crippen MR) is 202 cm³/mol. The highest BCUT2D eigenvalue weighted by molar-refractivity contribution is 7.89. The van der Waals surface area contributed by atoms with Gasteiger partial charge < -0.3 is 20.7 Å². The number of nitrogens with zero attached hydrogens (tertiary/aromatic N) is 3. The molecule has 12 heteroatoms. The molecule has 4 aliphatic rings. The summed E-state index contributed by atoms with van der Waals surface area (Å²) in [6, 6.07) is -0.506. The Hall–Kier alpha value is -1.86. The van der Waals surface area contributed by atoms with Gasteiger partial charge in [-0.1, -0.05) is 87.8 Å². The summed E-state index contributed by atoms with van der Waals surface area (Å²) >= 11 is 0. The number of primary sulfonamides is 1. The normalized spacial score (nSPS) is 40.1. The van der Waals surface area contributed by atoms with E-state index in [1.807, 2.05) is 13.8 Å². The van der Waals surface area contributed by atoms with E-state index in [9.17, 15) is 23.4 Å². The van der Waals surface area contributed by atoms with Crippen LogP contribution in [0.3, 0.4) is 0 Å². The first kappa shape index (κ1) is 41.3. The molecule has 1 aromatic rings. The van der Waals surface area contributed by atoms with E-state index in [1.54, 1.807) is 4.68 Å². The van der Waals surface area contributed by atoms with Crippen LogP contribution in [0.2, 0.25) is 0 Å². The fourth-order valence-corrected chi connectivity index (χ4v) is 12.5. The second-order valence-electron chi connectivity index (χ2n) is 20.5. The highest BCUT2D eigenvalue weighted by Gasteiger charge is 2.71. The van der Waals surface area contributed by atoms with Crippen LogP contribution < -0.4 is 10.9 Å². The minimum atomic E-state index is -4.17. The van der Waals surface area contributed by atoms with Crippen molar-refractivity contribution < 1.29 is 28.2 Å². The van der Waals surface area contributed by atoms with Crippen LogP contribution in [0, 0.1) is 62.1 Å². The Morgan fingerprint density at radius 1 is 1.06 bits per heavy atom. The lowest BCUT2D eigenvalue weighted by Gasteiger charge is -2.70. The number of carboxylic acid groups (broad SMARTS) is 1. The minimum Gasteiger partial charge on any atom is -0.481 e. The Morgan fingerprint density at radius 2 is 1.67 bits per heavy atom. The van der Waals surface area contributed by atoms with Gasteiger partial charge in [0, 0.05) is 11.0 Å². The molecule has 0 saturated heterocycles. The molecular weight excluding hydrogens is 679 g/mol. The highest BCUT2D eigenvalue weighted by atomic mass is 32.2. The Labute approximate surface area is 313 Å². The number of aliphatic carboxylic acids is 1. The molecule has 12 atom stereocenters. The molecule has 1 heterocycles. The number of carbonyl (C=O) groups is 1. The lowest BCUT2D eigenvalue weighted by molar-refractivity contribution is -0.216. The van der Waals surface area contributed by atoms with Crippen molar-refractivity contribution >= 4 is 16.0 Å². The van der Waals surface area contributed by atoms with E-state index in [-0.39, 0.29) is 40.6 Å². The maximum absolute atomic E-state index is 13.5. The van der Waals surface area contributed by atoms with Crippen molar-refractivity contribution in [3.8, 4) is 0 Å². The Kier molecular flexibility index (Phi) is 10.2. The molecule has 11 nitrogen and oxygen atoms in total. The van der Waals surface area contributed by atoms with Crippen molar-refractivity contribution in [3.05, 3.63) is 18.0 Å². The van der Waals surface area contributed by atoms with E-state index >= 15 is 0 Å². The quantitative estimate of drug-likeness (QED) is 0.203. The van der Waals surface area contributed by atoms with Gasteiger partial charge in [-0.25, -0.2) is 23.2 Å². The average molecular weight is 748 g/mol. The number of rotatable bonds is 9.